The molecule has 18 heavy (non-hydrogen) atoms. The lowest BCUT2D eigenvalue weighted by Crippen LogP contribution is -1.95. The second-order valence-electron chi connectivity index (χ2n) is 3.72. The summed E-state index contributed by atoms with van der Waals surface area (Å²) in [5, 5.41) is 33.3. The van der Waals surface area contributed by atoms with Crippen molar-refractivity contribution in [1.29, 1.82) is 0 Å². The molecule has 0 radical (unpaired) electrons. The Bertz CT molecular complexity index is 636. The average molecular weight is 252 g/mol. The summed E-state index contributed by atoms with van der Waals surface area (Å²) < 4.78 is 13.7. The molecule has 2 rings (SSSR count). The fourth-order valence-corrected chi connectivity index (χ4v) is 1.52. The topological polar surface area (TPSA) is 106 Å². The van der Waals surface area contributed by atoms with Crippen LogP contribution in [-0.2, 0) is 0 Å². The van der Waals surface area contributed by atoms with Gasteiger partial charge < -0.3 is 15.3 Å². The second-order valence-corrected chi connectivity index (χ2v) is 3.72. The van der Waals surface area contributed by atoms with Crippen molar-refractivity contribution in [2.24, 2.45) is 0 Å². The molecule has 0 aliphatic carbocycles. The molecule has 0 bridgehead atoms. The van der Waals surface area contributed by atoms with E-state index in [0.29, 0.717) is 0 Å². The molecular weight excluding hydrogens is 243 g/mol. The molecule has 1 aromatic heterocycles. The smallest absolute Gasteiger partial charge is 0.353 e. The molecule has 94 valence electrons. The van der Waals surface area contributed by atoms with Crippen molar-refractivity contribution in [3.63, 3.8) is 0 Å². The van der Waals surface area contributed by atoms with Gasteiger partial charge in [0.05, 0.1) is 5.69 Å². The number of aryl methyl sites for hydroxylation is 1. The van der Waals surface area contributed by atoms with Crippen LogP contribution in [-0.4, -0.2) is 31.5 Å². The Hall–Kier alpha value is -2.57. The molecule has 0 aliphatic rings. The zero-order chi connectivity index (χ0) is 13.4. The molecule has 0 atom stereocenters. The third-order valence-electron chi connectivity index (χ3n) is 2.49. The molecule has 0 unspecified atom stereocenters. The lowest BCUT2D eigenvalue weighted by atomic mass is 10.1. The Kier molecular flexibility index (Phi) is 2.66. The quantitative estimate of drug-likeness (QED) is 0.608. The molecule has 1 aromatic carbocycles. The summed E-state index contributed by atoms with van der Waals surface area (Å²) in [5.41, 5.74) is -0.00626. The third kappa shape index (κ3) is 1.75. The minimum absolute atomic E-state index is 0.0308. The summed E-state index contributed by atoms with van der Waals surface area (Å²) in [5.74, 6) is -3.72. The van der Waals surface area contributed by atoms with E-state index in [0.717, 1.165) is 6.07 Å². The summed E-state index contributed by atoms with van der Waals surface area (Å²) in [6.45, 7) is 1.47. The van der Waals surface area contributed by atoms with E-state index in [1.165, 1.54) is 13.0 Å². The number of phenolic OH excluding ortho intramolecular Hbond substituents is 2. The number of carboxylic acids is 1. The molecular formula is C11H9FN2O4. The number of carboxylic acid groups (broad SMARTS) is 1. The maximum atomic E-state index is 13.7. The largest absolute Gasteiger partial charge is 0.504 e. The van der Waals surface area contributed by atoms with Crippen molar-refractivity contribution in [3.8, 4) is 22.8 Å². The highest BCUT2D eigenvalue weighted by Gasteiger charge is 2.19. The normalized spacial score (nSPS) is 10.6. The molecule has 0 amide bonds. The zero-order valence-corrected chi connectivity index (χ0v) is 9.23. The molecule has 4 N–H and O–H groups in total. The number of halogens is 1. The summed E-state index contributed by atoms with van der Waals surface area (Å²) in [4.78, 5) is 10.7. The number of aromatic nitrogens is 2. The number of phenols is 2. The number of nitrogens with zero attached hydrogens (tertiary/aromatic N) is 1. The Morgan fingerprint density at radius 1 is 1.33 bits per heavy atom. The van der Waals surface area contributed by atoms with E-state index in [9.17, 15) is 19.4 Å². The first-order valence-corrected chi connectivity index (χ1v) is 4.92. The van der Waals surface area contributed by atoms with E-state index in [-0.39, 0.29) is 22.5 Å². The number of aromatic carboxylic acids is 1. The first kappa shape index (κ1) is 11.9. The molecule has 0 saturated carbocycles. The fraction of sp³-hybridized carbons (Fsp3) is 0.0909. The van der Waals surface area contributed by atoms with Crippen molar-refractivity contribution in [2.75, 3.05) is 0 Å². The average Bonchev–Trinajstić information content (AvgIpc) is 2.80. The second kappa shape index (κ2) is 4.02. The number of hydrogen-bond acceptors (Lipinski definition) is 4. The number of nitrogens with one attached hydrogen (secondary N) is 1. The summed E-state index contributed by atoms with van der Waals surface area (Å²) in [6.07, 6.45) is 0. The van der Waals surface area contributed by atoms with Crippen LogP contribution < -0.4 is 0 Å². The van der Waals surface area contributed by atoms with E-state index in [2.05, 4.69) is 10.2 Å². The zero-order valence-electron chi connectivity index (χ0n) is 9.23. The van der Waals surface area contributed by atoms with E-state index in [1.54, 1.807) is 0 Å². The van der Waals surface area contributed by atoms with Gasteiger partial charge in [0.1, 0.15) is 5.69 Å². The summed E-state index contributed by atoms with van der Waals surface area (Å²) in [6, 6.07) is 2.41. The molecule has 7 heteroatoms. The van der Waals surface area contributed by atoms with Crippen LogP contribution in [0.5, 0.6) is 11.5 Å². The predicted molar refractivity (Wildman–Crippen MR) is 59.0 cm³/mol. The van der Waals surface area contributed by atoms with Crippen LogP contribution in [0.25, 0.3) is 11.3 Å². The SMILES string of the molecule is Cc1cc(-c2cc(C(=O)O)[nH]n2)c(F)c(O)c1O. The number of benzene rings is 1. The summed E-state index contributed by atoms with van der Waals surface area (Å²) in [7, 11) is 0. The van der Waals surface area contributed by atoms with Crippen LogP contribution in [0.4, 0.5) is 4.39 Å². The Morgan fingerprint density at radius 2 is 2.00 bits per heavy atom. The Labute approximate surface area is 100 Å². The lowest BCUT2D eigenvalue weighted by molar-refractivity contribution is 0.0690. The van der Waals surface area contributed by atoms with E-state index in [4.69, 9.17) is 5.11 Å². The van der Waals surface area contributed by atoms with Gasteiger partial charge in [-0.3, -0.25) is 5.10 Å². The van der Waals surface area contributed by atoms with Crippen LogP contribution in [0.1, 0.15) is 16.1 Å². The first-order valence-electron chi connectivity index (χ1n) is 4.92. The predicted octanol–water partition coefficient (Wildman–Crippen LogP) is 1.63. The van der Waals surface area contributed by atoms with Crippen molar-refractivity contribution in [2.45, 2.75) is 6.92 Å². The minimum Gasteiger partial charge on any atom is -0.504 e. The molecule has 0 aliphatic heterocycles. The van der Waals surface area contributed by atoms with Gasteiger partial charge in [0.2, 0.25) is 0 Å². The molecule has 0 fully saturated rings. The first-order chi connectivity index (χ1) is 8.41. The van der Waals surface area contributed by atoms with Crippen molar-refractivity contribution < 1.29 is 24.5 Å². The van der Waals surface area contributed by atoms with Gasteiger partial charge in [-0.1, -0.05) is 0 Å². The van der Waals surface area contributed by atoms with Gasteiger partial charge >= 0.3 is 5.97 Å². The number of hydrogen-bond donors (Lipinski definition) is 4. The number of aromatic amines is 1. The van der Waals surface area contributed by atoms with Crippen LogP contribution >= 0.6 is 0 Å². The van der Waals surface area contributed by atoms with Gasteiger partial charge in [0.15, 0.2) is 17.3 Å². The monoisotopic (exact) mass is 252 g/mol. The van der Waals surface area contributed by atoms with Crippen molar-refractivity contribution >= 4 is 5.97 Å². The maximum Gasteiger partial charge on any atom is 0.353 e. The van der Waals surface area contributed by atoms with E-state index in [1.807, 2.05) is 0 Å². The Balaban J connectivity index is 2.60. The van der Waals surface area contributed by atoms with E-state index >= 15 is 0 Å². The maximum absolute atomic E-state index is 13.7. The van der Waals surface area contributed by atoms with Crippen molar-refractivity contribution in [3.05, 3.63) is 29.2 Å². The van der Waals surface area contributed by atoms with Crippen molar-refractivity contribution in [1.82, 2.24) is 10.2 Å². The highest BCUT2D eigenvalue weighted by Crippen LogP contribution is 2.37. The highest BCUT2D eigenvalue weighted by molar-refractivity contribution is 5.87. The minimum atomic E-state index is -1.23. The van der Waals surface area contributed by atoms with Gasteiger partial charge in [0.25, 0.3) is 0 Å². The number of aromatic hydroxyl groups is 2. The van der Waals surface area contributed by atoms with Crippen LogP contribution in [0.2, 0.25) is 0 Å². The number of rotatable bonds is 2. The standard InChI is InChI=1S/C11H9FN2O4/c1-4-2-5(8(12)10(16)9(4)15)6-3-7(11(17)18)14-13-6/h2-3,15-16H,1H3,(H,13,14)(H,17,18). The van der Waals surface area contributed by atoms with Gasteiger partial charge in [-0.2, -0.15) is 5.10 Å². The number of carbonyl (C=O) groups is 1. The fourth-order valence-electron chi connectivity index (χ4n) is 1.52. The molecule has 0 spiro atoms. The van der Waals surface area contributed by atoms with Crippen LogP contribution in [0.3, 0.4) is 0 Å². The molecule has 0 saturated heterocycles. The van der Waals surface area contributed by atoms with Gasteiger partial charge in [-0.15, -0.1) is 0 Å². The molecule has 1 heterocycles. The van der Waals surface area contributed by atoms with Gasteiger partial charge in [-0.05, 0) is 24.6 Å². The van der Waals surface area contributed by atoms with E-state index < -0.39 is 23.3 Å². The Morgan fingerprint density at radius 3 is 2.56 bits per heavy atom. The van der Waals surface area contributed by atoms with Crippen LogP contribution in [0, 0.1) is 12.7 Å². The lowest BCUT2D eigenvalue weighted by Gasteiger charge is -2.06. The number of H-pyrrole nitrogens is 1. The molecule has 2 aromatic rings. The molecule has 6 nitrogen and oxygen atoms in total. The third-order valence-corrected chi connectivity index (χ3v) is 2.49. The van der Waals surface area contributed by atoms with Gasteiger partial charge in [-0.25, -0.2) is 9.18 Å². The summed E-state index contributed by atoms with van der Waals surface area (Å²) >= 11 is 0. The highest BCUT2D eigenvalue weighted by atomic mass is 19.1. The van der Waals surface area contributed by atoms with Gasteiger partial charge in [0, 0.05) is 5.56 Å². The van der Waals surface area contributed by atoms with Crippen LogP contribution in [0.15, 0.2) is 12.1 Å².